The van der Waals surface area contributed by atoms with Gasteiger partial charge in [0.25, 0.3) is 5.91 Å². The molecule has 2 aliphatic rings. The van der Waals surface area contributed by atoms with Crippen LogP contribution in [0.25, 0.3) is 0 Å². The van der Waals surface area contributed by atoms with Crippen molar-refractivity contribution in [1.29, 1.82) is 0 Å². The molecule has 3 rings (SSSR count). The van der Waals surface area contributed by atoms with E-state index in [1.54, 1.807) is 16.7 Å². The first-order valence-corrected chi connectivity index (χ1v) is 9.12. The summed E-state index contributed by atoms with van der Waals surface area (Å²) in [6.07, 6.45) is 1.22. The van der Waals surface area contributed by atoms with Crippen LogP contribution in [0.15, 0.2) is 29.2 Å². The zero-order valence-corrected chi connectivity index (χ0v) is 14.2. The lowest BCUT2D eigenvalue weighted by Crippen LogP contribution is -2.47. The Hall–Kier alpha value is -1.73. The Kier molecular flexibility index (Phi) is 5.63. The zero-order valence-electron chi connectivity index (χ0n) is 13.3. The lowest BCUT2D eigenvalue weighted by molar-refractivity contribution is -0.142. The van der Waals surface area contributed by atoms with Crippen LogP contribution in [-0.2, 0) is 14.3 Å². The van der Waals surface area contributed by atoms with E-state index in [4.69, 9.17) is 14.6 Å². The minimum atomic E-state index is -0.913. The Balaban J connectivity index is 1.66. The number of para-hydroxylation sites is 1. The first-order valence-electron chi connectivity index (χ1n) is 8.14. The molecule has 1 aromatic rings. The molecule has 6 nitrogen and oxygen atoms in total. The van der Waals surface area contributed by atoms with E-state index in [2.05, 4.69) is 0 Å². The maximum absolute atomic E-state index is 12.8. The number of amides is 1. The highest BCUT2D eigenvalue weighted by Gasteiger charge is 2.32. The Bertz CT molecular complexity index is 602. The van der Waals surface area contributed by atoms with Crippen molar-refractivity contribution in [2.24, 2.45) is 0 Å². The van der Waals surface area contributed by atoms with Gasteiger partial charge >= 0.3 is 5.97 Å². The van der Waals surface area contributed by atoms with Gasteiger partial charge in [-0.05, 0) is 25.0 Å². The summed E-state index contributed by atoms with van der Waals surface area (Å²) in [5.41, 5.74) is 0. The van der Waals surface area contributed by atoms with Crippen molar-refractivity contribution < 1.29 is 24.2 Å². The van der Waals surface area contributed by atoms with E-state index in [-0.39, 0.29) is 25.0 Å². The number of carbonyl (C=O) groups excluding carboxylic acids is 1. The Morgan fingerprint density at radius 1 is 1.33 bits per heavy atom. The van der Waals surface area contributed by atoms with Gasteiger partial charge in [0.15, 0.2) is 6.10 Å². The number of aliphatic carboxylic acids is 1. The average molecular weight is 351 g/mol. The van der Waals surface area contributed by atoms with Crippen LogP contribution in [0.3, 0.4) is 0 Å². The van der Waals surface area contributed by atoms with Crippen molar-refractivity contribution in [3.8, 4) is 5.75 Å². The van der Waals surface area contributed by atoms with Crippen LogP contribution in [0.2, 0.25) is 0 Å². The largest absolute Gasteiger partial charge is 0.481 e. The van der Waals surface area contributed by atoms with Gasteiger partial charge in [-0.1, -0.05) is 12.1 Å². The molecule has 1 saturated heterocycles. The highest BCUT2D eigenvalue weighted by atomic mass is 32.2. The average Bonchev–Trinajstić information content (AvgIpc) is 3.10. The molecule has 130 valence electrons. The number of fused-ring (bicyclic) bond motifs is 1. The number of hydrogen-bond donors (Lipinski definition) is 1. The number of nitrogens with zero attached hydrogens (tertiary/aromatic N) is 1. The van der Waals surface area contributed by atoms with Gasteiger partial charge in [0, 0.05) is 30.3 Å². The smallest absolute Gasteiger partial charge is 0.305 e. The first kappa shape index (κ1) is 17.1. The fourth-order valence-corrected chi connectivity index (χ4v) is 3.88. The van der Waals surface area contributed by atoms with E-state index in [9.17, 15) is 9.59 Å². The molecular weight excluding hydrogens is 330 g/mol. The van der Waals surface area contributed by atoms with Gasteiger partial charge in [-0.3, -0.25) is 9.59 Å². The molecule has 1 aromatic carbocycles. The number of carbonyl (C=O) groups is 2. The molecule has 1 amide bonds. The third-order valence-corrected chi connectivity index (χ3v) is 5.26. The van der Waals surface area contributed by atoms with Crippen molar-refractivity contribution in [1.82, 2.24) is 4.90 Å². The summed E-state index contributed by atoms with van der Waals surface area (Å²) < 4.78 is 11.4. The third kappa shape index (κ3) is 4.21. The van der Waals surface area contributed by atoms with Gasteiger partial charge in [0.1, 0.15) is 5.75 Å². The summed E-state index contributed by atoms with van der Waals surface area (Å²) in [5, 5.41) is 8.94. The number of hydrogen-bond acceptors (Lipinski definition) is 5. The predicted molar refractivity (Wildman–Crippen MR) is 89.4 cm³/mol. The lowest BCUT2D eigenvalue weighted by Gasteiger charge is -2.31. The van der Waals surface area contributed by atoms with Crippen LogP contribution in [-0.4, -0.2) is 59.5 Å². The van der Waals surface area contributed by atoms with Crippen LogP contribution in [0.5, 0.6) is 5.75 Å². The maximum Gasteiger partial charge on any atom is 0.305 e. The van der Waals surface area contributed by atoms with Crippen molar-refractivity contribution in [3.05, 3.63) is 24.3 Å². The fraction of sp³-hybridized carbons (Fsp3) is 0.529. The molecule has 0 bridgehead atoms. The third-order valence-electron chi connectivity index (χ3n) is 4.14. The van der Waals surface area contributed by atoms with Crippen LogP contribution in [0.4, 0.5) is 0 Å². The zero-order chi connectivity index (χ0) is 16.9. The van der Waals surface area contributed by atoms with Crippen LogP contribution < -0.4 is 4.74 Å². The number of benzene rings is 1. The molecule has 24 heavy (non-hydrogen) atoms. The second kappa shape index (κ2) is 7.90. The van der Waals surface area contributed by atoms with Gasteiger partial charge in [-0.15, -0.1) is 11.8 Å². The van der Waals surface area contributed by atoms with Crippen molar-refractivity contribution >= 4 is 23.6 Å². The minimum absolute atomic E-state index is 0.00808. The van der Waals surface area contributed by atoms with Gasteiger partial charge in [-0.2, -0.15) is 0 Å². The van der Waals surface area contributed by atoms with Gasteiger partial charge < -0.3 is 19.5 Å². The fourth-order valence-electron chi connectivity index (χ4n) is 2.90. The summed E-state index contributed by atoms with van der Waals surface area (Å²) in [7, 11) is 0. The molecule has 0 spiro atoms. The number of carboxylic acid groups (broad SMARTS) is 1. The second-order valence-corrected chi connectivity index (χ2v) is 6.99. The summed E-state index contributed by atoms with van der Waals surface area (Å²) in [6, 6.07) is 7.63. The van der Waals surface area contributed by atoms with E-state index < -0.39 is 12.1 Å². The van der Waals surface area contributed by atoms with E-state index in [0.29, 0.717) is 24.7 Å². The summed E-state index contributed by atoms with van der Waals surface area (Å²) in [6.45, 7) is 1.31. The van der Waals surface area contributed by atoms with Crippen LogP contribution in [0, 0.1) is 0 Å². The van der Waals surface area contributed by atoms with Gasteiger partial charge in [0.05, 0.1) is 12.5 Å². The molecule has 1 fully saturated rings. The molecule has 0 aliphatic carbocycles. The highest BCUT2D eigenvalue weighted by Crippen LogP contribution is 2.35. The molecule has 0 unspecified atom stereocenters. The summed E-state index contributed by atoms with van der Waals surface area (Å²) >= 11 is 1.59. The maximum atomic E-state index is 12.8. The quantitative estimate of drug-likeness (QED) is 0.845. The van der Waals surface area contributed by atoms with Crippen LogP contribution >= 0.6 is 11.8 Å². The van der Waals surface area contributed by atoms with E-state index in [1.165, 1.54) is 0 Å². The molecule has 2 aliphatic heterocycles. The van der Waals surface area contributed by atoms with E-state index in [1.807, 2.05) is 24.3 Å². The number of ether oxygens (including phenoxy) is 2. The standard InChI is InChI=1S/C17H21NO5S/c19-16(20)7-8-18(10-12-4-3-9-22-12)17(21)14-11-24-15-6-2-1-5-13(15)23-14/h1-2,5-6,12,14H,3-4,7-11H2,(H,19,20)/t12-,14-/m1/s1. The molecule has 0 aromatic heterocycles. The Morgan fingerprint density at radius 3 is 2.92 bits per heavy atom. The topological polar surface area (TPSA) is 76.1 Å². The summed E-state index contributed by atoms with van der Waals surface area (Å²) in [5.74, 6) is 0.172. The SMILES string of the molecule is O=C(O)CCN(C[C@H]1CCCO1)C(=O)[C@H]1CSc2ccccc2O1. The number of rotatable bonds is 6. The van der Waals surface area contributed by atoms with Crippen molar-refractivity contribution in [2.75, 3.05) is 25.4 Å². The molecular formula is C17H21NO5S. The number of thioether (sulfide) groups is 1. The molecule has 2 heterocycles. The lowest BCUT2D eigenvalue weighted by atomic mass is 10.2. The second-order valence-electron chi connectivity index (χ2n) is 5.93. The van der Waals surface area contributed by atoms with Crippen molar-refractivity contribution in [3.63, 3.8) is 0 Å². The molecule has 2 atom stereocenters. The Morgan fingerprint density at radius 2 is 2.17 bits per heavy atom. The predicted octanol–water partition coefficient (Wildman–Crippen LogP) is 2.02. The molecule has 1 N–H and O–H groups in total. The minimum Gasteiger partial charge on any atom is -0.481 e. The summed E-state index contributed by atoms with van der Waals surface area (Å²) in [4.78, 5) is 26.4. The highest BCUT2D eigenvalue weighted by molar-refractivity contribution is 7.99. The van der Waals surface area contributed by atoms with Gasteiger partial charge in [0.2, 0.25) is 0 Å². The first-order chi connectivity index (χ1) is 11.6. The molecule has 7 heteroatoms. The number of carboxylic acids is 1. The van der Waals surface area contributed by atoms with E-state index in [0.717, 1.165) is 17.7 Å². The monoisotopic (exact) mass is 351 g/mol. The van der Waals surface area contributed by atoms with Gasteiger partial charge in [-0.25, -0.2) is 0 Å². The Labute approximate surface area is 145 Å². The van der Waals surface area contributed by atoms with E-state index >= 15 is 0 Å². The van der Waals surface area contributed by atoms with Crippen molar-refractivity contribution in [2.45, 2.75) is 36.4 Å². The van der Waals surface area contributed by atoms with Crippen LogP contribution in [0.1, 0.15) is 19.3 Å². The molecule has 0 saturated carbocycles. The normalized spacial score (nSPS) is 22.5. The molecule has 0 radical (unpaired) electrons.